The van der Waals surface area contributed by atoms with Crippen molar-refractivity contribution in [3.05, 3.63) is 53.2 Å². The maximum absolute atomic E-state index is 4.57. The van der Waals surface area contributed by atoms with E-state index in [-0.39, 0.29) is 0 Å². The van der Waals surface area contributed by atoms with Crippen LogP contribution in [0.25, 0.3) is 5.70 Å². The Kier molecular flexibility index (Phi) is 9.42. The highest BCUT2D eigenvalue weighted by Gasteiger charge is 2.21. The zero-order valence-corrected chi connectivity index (χ0v) is 21.7. The van der Waals surface area contributed by atoms with Gasteiger partial charge in [0.05, 0.1) is 5.84 Å². The summed E-state index contributed by atoms with van der Waals surface area (Å²) in [5.41, 5.74) is 6.70. The van der Waals surface area contributed by atoms with E-state index in [2.05, 4.69) is 90.1 Å². The molecule has 0 aliphatic carbocycles. The molecule has 5 nitrogen and oxygen atoms in total. The number of hydrogen-bond acceptors (Lipinski definition) is 4. The molecule has 182 valence electrons. The molecule has 0 unspecified atom stereocenters. The van der Waals surface area contributed by atoms with Gasteiger partial charge in [0.25, 0.3) is 0 Å². The van der Waals surface area contributed by atoms with Crippen molar-refractivity contribution in [1.82, 2.24) is 19.6 Å². The van der Waals surface area contributed by atoms with Gasteiger partial charge >= 0.3 is 0 Å². The van der Waals surface area contributed by atoms with Crippen molar-refractivity contribution >= 4 is 11.5 Å². The Morgan fingerprint density at radius 3 is 2.18 bits per heavy atom. The molecular weight excluding hydrogens is 406 g/mol. The summed E-state index contributed by atoms with van der Waals surface area (Å²) in [6, 6.07) is 6.96. The quantitative estimate of drug-likeness (QED) is 0.417. The van der Waals surface area contributed by atoms with Crippen LogP contribution in [0.3, 0.4) is 0 Å². The fourth-order valence-corrected chi connectivity index (χ4v) is 5.06. The van der Waals surface area contributed by atoms with Crippen LogP contribution >= 0.6 is 0 Å². The molecule has 0 spiro atoms. The van der Waals surface area contributed by atoms with Gasteiger partial charge in [0.2, 0.25) is 0 Å². The SMILES string of the molecule is C=C(c1cc(CN2CCN(C(C)=NCC)CC2)ccc1C)N1CCN(/C(=C/CC)CC)CC1. The number of aryl methyl sites for hydroxylation is 1. The van der Waals surface area contributed by atoms with Crippen molar-refractivity contribution in [2.24, 2.45) is 4.99 Å². The van der Waals surface area contributed by atoms with E-state index in [0.717, 1.165) is 78.3 Å². The third-order valence-electron chi connectivity index (χ3n) is 7.11. The summed E-state index contributed by atoms with van der Waals surface area (Å²) in [6.07, 6.45) is 4.62. The lowest BCUT2D eigenvalue weighted by molar-refractivity contribution is 0.174. The van der Waals surface area contributed by atoms with Crippen LogP contribution in [0.5, 0.6) is 0 Å². The first-order valence-corrected chi connectivity index (χ1v) is 12.9. The van der Waals surface area contributed by atoms with E-state index in [0.29, 0.717) is 0 Å². The minimum atomic E-state index is 0.867. The van der Waals surface area contributed by atoms with Crippen LogP contribution in [0.1, 0.15) is 57.2 Å². The van der Waals surface area contributed by atoms with Crippen molar-refractivity contribution < 1.29 is 0 Å². The minimum Gasteiger partial charge on any atom is -0.372 e. The Morgan fingerprint density at radius 1 is 0.939 bits per heavy atom. The number of hydrogen-bond donors (Lipinski definition) is 0. The maximum Gasteiger partial charge on any atom is 0.0958 e. The molecule has 0 amide bonds. The van der Waals surface area contributed by atoms with Gasteiger partial charge in [0.15, 0.2) is 0 Å². The van der Waals surface area contributed by atoms with E-state index in [1.54, 1.807) is 0 Å². The van der Waals surface area contributed by atoms with Crippen LogP contribution in [0, 0.1) is 6.92 Å². The first-order valence-electron chi connectivity index (χ1n) is 12.9. The van der Waals surface area contributed by atoms with Crippen LogP contribution in [0.15, 0.2) is 41.5 Å². The monoisotopic (exact) mass is 451 g/mol. The first-order chi connectivity index (χ1) is 16.0. The lowest BCUT2D eigenvalue weighted by Crippen LogP contribution is -2.47. The molecule has 2 saturated heterocycles. The molecule has 2 aliphatic rings. The van der Waals surface area contributed by atoms with Gasteiger partial charge in [-0.3, -0.25) is 9.89 Å². The summed E-state index contributed by atoms with van der Waals surface area (Å²) in [6.45, 7) is 25.9. The molecule has 33 heavy (non-hydrogen) atoms. The summed E-state index contributed by atoms with van der Waals surface area (Å²) in [5.74, 6) is 1.18. The summed E-state index contributed by atoms with van der Waals surface area (Å²) < 4.78 is 0. The van der Waals surface area contributed by atoms with E-state index < -0.39 is 0 Å². The van der Waals surface area contributed by atoms with Gasteiger partial charge in [-0.2, -0.15) is 0 Å². The molecule has 0 bridgehead atoms. The van der Waals surface area contributed by atoms with Crippen molar-refractivity contribution in [2.45, 2.75) is 54.0 Å². The van der Waals surface area contributed by atoms with E-state index >= 15 is 0 Å². The third-order valence-corrected chi connectivity index (χ3v) is 7.11. The number of allylic oxidation sites excluding steroid dienone is 2. The number of piperazine rings is 2. The highest BCUT2D eigenvalue weighted by Crippen LogP contribution is 2.25. The zero-order valence-electron chi connectivity index (χ0n) is 21.7. The fourth-order valence-electron chi connectivity index (χ4n) is 5.06. The number of benzene rings is 1. The van der Waals surface area contributed by atoms with E-state index in [1.807, 2.05) is 0 Å². The standard InChI is InChI=1S/C28H45N5/c1-7-10-27(8-2)33-19-17-31(18-20-33)24(5)28-21-26(12-11-23(28)4)22-30-13-15-32(16-14-30)25(6)29-9-3/h10-12,21H,5,7-9,13-20,22H2,1-4,6H3/b27-10+,29-25?. The largest absolute Gasteiger partial charge is 0.372 e. The van der Waals surface area contributed by atoms with E-state index in [4.69, 9.17) is 0 Å². The summed E-state index contributed by atoms with van der Waals surface area (Å²) >= 11 is 0. The van der Waals surface area contributed by atoms with Gasteiger partial charge in [0.1, 0.15) is 0 Å². The smallest absolute Gasteiger partial charge is 0.0958 e. The van der Waals surface area contributed by atoms with Crippen LogP contribution in [0.2, 0.25) is 0 Å². The van der Waals surface area contributed by atoms with Crippen molar-refractivity contribution in [3.63, 3.8) is 0 Å². The summed E-state index contributed by atoms with van der Waals surface area (Å²) in [7, 11) is 0. The molecule has 0 radical (unpaired) electrons. The Hall–Kier alpha value is -2.27. The molecule has 0 N–H and O–H groups in total. The maximum atomic E-state index is 4.57. The number of rotatable bonds is 8. The van der Waals surface area contributed by atoms with Crippen LogP contribution in [-0.4, -0.2) is 84.3 Å². The Morgan fingerprint density at radius 2 is 1.58 bits per heavy atom. The molecule has 2 heterocycles. The van der Waals surface area contributed by atoms with Gasteiger partial charge in [-0.05, 0) is 50.8 Å². The topological polar surface area (TPSA) is 25.3 Å². The molecule has 2 aliphatic heterocycles. The highest BCUT2D eigenvalue weighted by atomic mass is 15.3. The minimum absolute atomic E-state index is 0.867. The van der Waals surface area contributed by atoms with Gasteiger partial charge in [-0.1, -0.05) is 38.6 Å². The van der Waals surface area contributed by atoms with Gasteiger partial charge < -0.3 is 14.7 Å². The molecule has 0 aromatic heterocycles. The normalized spacial score (nSPS) is 18.8. The van der Waals surface area contributed by atoms with Crippen LogP contribution in [0.4, 0.5) is 0 Å². The van der Waals surface area contributed by atoms with E-state index in [1.165, 1.54) is 33.9 Å². The Bertz CT molecular complexity index is 840. The number of nitrogens with zero attached hydrogens (tertiary/aromatic N) is 5. The third kappa shape index (κ3) is 6.63. The molecule has 3 rings (SSSR count). The van der Waals surface area contributed by atoms with Crippen molar-refractivity contribution in [3.8, 4) is 0 Å². The predicted molar refractivity (Wildman–Crippen MR) is 143 cm³/mol. The lowest BCUT2D eigenvalue weighted by Gasteiger charge is -2.39. The van der Waals surface area contributed by atoms with Gasteiger partial charge in [-0.25, -0.2) is 0 Å². The first kappa shape index (κ1) is 25.4. The van der Waals surface area contributed by atoms with E-state index in [9.17, 15) is 0 Å². The molecule has 2 fully saturated rings. The second-order valence-electron chi connectivity index (χ2n) is 9.31. The fraction of sp³-hybridized carbons (Fsp3) is 0.607. The Labute approximate surface area is 202 Å². The molecule has 0 atom stereocenters. The average molecular weight is 452 g/mol. The highest BCUT2D eigenvalue weighted by molar-refractivity contribution is 5.79. The second-order valence-corrected chi connectivity index (χ2v) is 9.31. The molecule has 1 aromatic carbocycles. The van der Waals surface area contributed by atoms with Gasteiger partial charge in [0, 0.05) is 82.4 Å². The van der Waals surface area contributed by atoms with Crippen LogP contribution in [-0.2, 0) is 6.54 Å². The molecule has 1 aromatic rings. The average Bonchev–Trinajstić information content (AvgIpc) is 2.84. The predicted octanol–water partition coefficient (Wildman–Crippen LogP) is 4.84. The lowest BCUT2D eigenvalue weighted by atomic mass is 10.0. The van der Waals surface area contributed by atoms with Crippen LogP contribution < -0.4 is 0 Å². The zero-order chi connectivity index (χ0) is 23.8. The van der Waals surface area contributed by atoms with Crippen molar-refractivity contribution in [1.29, 1.82) is 0 Å². The van der Waals surface area contributed by atoms with Gasteiger partial charge in [-0.15, -0.1) is 0 Å². The molecule has 0 saturated carbocycles. The molecule has 5 heteroatoms. The summed E-state index contributed by atoms with van der Waals surface area (Å²) in [5, 5.41) is 0. The summed E-state index contributed by atoms with van der Waals surface area (Å²) in [4.78, 5) is 14.6. The second kappa shape index (κ2) is 12.3. The number of amidine groups is 1. The Balaban J connectivity index is 1.59. The number of aliphatic imine (C=N–C) groups is 1. The van der Waals surface area contributed by atoms with Crippen molar-refractivity contribution in [2.75, 3.05) is 58.9 Å². The molecular formula is C28H45N5.